The van der Waals surface area contributed by atoms with Crippen molar-refractivity contribution in [1.82, 2.24) is 29.8 Å². The van der Waals surface area contributed by atoms with Gasteiger partial charge in [0.2, 0.25) is 5.88 Å². The summed E-state index contributed by atoms with van der Waals surface area (Å²) >= 11 is 0. The maximum Gasteiger partial charge on any atom is 0.351 e. The number of fused-ring (bicyclic) bond motifs is 3. The van der Waals surface area contributed by atoms with E-state index in [1.165, 1.54) is 18.8 Å². The Morgan fingerprint density at radius 3 is 2.95 bits per heavy atom. The molecule has 3 aromatic rings. The van der Waals surface area contributed by atoms with Crippen LogP contribution in [0.2, 0.25) is 0 Å². The van der Waals surface area contributed by atoms with Crippen LogP contribution in [0.3, 0.4) is 0 Å². The van der Waals surface area contributed by atoms with E-state index in [-0.39, 0.29) is 18.2 Å². The molecule has 0 fully saturated rings. The number of aromatic nitrogens is 6. The molecule has 1 atom stereocenters. The highest BCUT2D eigenvalue weighted by Crippen LogP contribution is 2.34. The third-order valence-corrected chi connectivity index (χ3v) is 7.04. The number of allylic oxidation sites excluding steroid dienone is 3. The third-order valence-electron chi connectivity index (χ3n) is 7.04. The molecule has 1 unspecified atom stereocenters. The topological polar surface area (TPSA) is 115 Å². The molecule has 0 saturated carbocycles. The van der Waals surface area contributed by atoms with Gasteiger partial charge in [-0.25, -0.2) is 9.48 Å². The van der Waals surface area contributed by atoms with Gasteiger partial charge in [-0.1, -0.05) is 31.6 Å². The Morgan fingerprint density at radius 1 is 1.18 bits per heavy atom. The Hall–Kier alpha value is -4.67. The van der Waals surface area contributed by atoms with Crippen LogP contribution in [-0.4, -0.2) is 35.9 Å². The molecule has 1 aromatic carbocycles. The van der Waals surface area contributed by atoms with Crippen molar-refractivity contribution >= 4 is 0 Å². The Labute approximate surface area is 231 Å². The van der Waals surface area contributed by atoms with E-state index in [0.29, 0.717) is 24.5 Å². The summed E-state index contributed by atoms with van der Waals surface area (Å²) in [7, 11) is 0. The molecule has 0 radical (unpaired) electrons. The van der Waals surface area contributed by atoms with Gasteiger partial charge in [0.05, 0.1) is 5.69 Å². The highest BCUT2D eigenvalue weighted by molar-refractivity contribution is 5.67. The first-order valence-electron chi connectivity index (χ1n) is 13.5. The summed E-state index contributed by atoms with van der Waals surface area (Å²) in [5.41, 5.74) is 3.41. The first-order chi connectivity index (χ1) is 19.7. The van der Waals surface area contributed by atoms with Crippen LogP contribution in [0, 0.1) is 0 Å². The molecule has 0 bridgehead atoms. The zero-order valence-corrected chi connectivity index (χ0v) is 22.2. The molecular formula is C29H30N6O5. The summed E-state index contributed by atoms with van der Waals surface area (Å²) in [5, 5.41) is 11.9. The van der Waals surface area contributed by atoms with E-state index in [4.69, 9.17) is 18.9 Å². The molecule has 2 aliphatic heterocycles. The second-order valence-electron chi connectivity index (χ2n) is 9.70. The molecule has 0 N–H and O–H groups in total. The Morgan fingerprint density at radius 2 is 2.12 bits per heavy atom. The zero-order valence-electron chi connectivity index (χ0n) is 22.2. The van der Waals surface area contributed by atoms with Crippen LogP contribution in [0.5, 0.6) is 11.6 Å². The van der Waals surface area contributed by atoms with E-state index in [9.17, 15) is 4.79 Å². The fourth-order valence-corrected chi connectivity index (χ4v) is 4.96. The molecule has 11 heteroatoms. The normalized spacial score (nSPS) is 16.1. The molecule has 4 heterocycles. The molecule has 3 aliphatic rings. The van der Waals surface area contributed by atoms with Crippen LogP contribution in [0.1, 0.15) is 44.0 Å². The maximum atomic E-state index is 13.1. The summed E-state index contributed by atoms with van der Waals surface area (Å²) in [6.45, 7) is 3.68. The second kappa shape index (κ2) is 11.6. The van der Waals surface area contributed by atoms with Crippen molar-refractivity contribution in [3.63, 3.8) is 0 Å². The molecule has 0 spiro atoms. The second-order valence-corrected chi connectivity index (χ2v) is 9.70. The van der Waals surface area contributed by atoms with E-state index in [1.807, 2.05) is 36.4 Å². The van der Waals surface area contributed by atoms with Crippen LogP contribution >= 0.6 is 0 Å². The van der Waals surface area contributed by atoms with Crippen LogP contribution in [-0.2, 0) is 35.6 Å². The van der Waals surface area contributed by atoms with Crippen molar-refractivity contribution < 1.29 is 18.9 Å². The minimum atomic E-state index is -0.572. The van der Waals surface area contributed by atoms with Gasteiger partial charge in [-0.15, -0.1) is 5.10 Å². The minimum Gasteiger partial charge on any atom is -0.486 e. The lowest BCUT2D eigenvalue weighted by Gasteiger charge is -2.26. The van der Waals surface area contributed by atoms with Gasteiger partial charge < -0.3 is 18.9 Å². The lowest BCUT2D eigenvalue weighted by atomic mass is 9.97. The standard InChI is InChI=1S/C29H30N6O5/c1-2-3-12-35-26(31-32-33-35)19-39-22-9-10-23-21(16-22)11-13-34-24(23)17-27(30-29(34)36)40-28(20-7-5-4-6-8-20)25-18-37-14-15-38-25/h4-5,7,9-10,14-18,28H,2-3,6,8,11-13,19H2,1H3. The number of aryl methyl sites for hydroxylation is 2. The highest BCUT2D eigenvalue weighted by atomic mass is 16.6. The molecule has 1 aliphatic carbocycles. The van der Waals surface area contributed by atoms with E-state index in [0.717, 1.165) is 60.4 Å². The Kier molecular flexibility index (Phi) is 7.43. The van der Waals surface area contributed by atoms with Crippen molar-refractivity contribution in [2.45, 2.75) is 64.8 Å². The maximum absolute atomic E-state index is 13.1. The number of unbranched alkanes of at least 4 members (excludes halogenated alkanes) is 1. The Bertz CT molecular complexity index is 1570. The van der Waals surface area contributed by atoms with Gasteiger partial charge in [0.1, 0.15) is 31.1 Å². The van der Waals surface area contributed by atoms with Gasteiger partial charge in [0.25, 0.3) is 0 Å². The number of tetrazole rings is 1. The quantitative estimate of drug-likeness (QED) is 0.371. The van der Waals surface area contributed by atoms with Gasteiger partial charge in [-0.2, -0.15) is 4.98 Å². The van der Waals surface area contributed by atoms with Crippen molar-refractivity contribution in [1.29, 1.82) is 0 Å². The van der Waals surface area contributed by atoms with Gasteiger partial charge in [-0.3, -0.25) is 4.57 Å². The van der Waals surface area contributed by atoms with Crippen molar-refractivity contribution in [2.24, 2.45) is 0 Å². The number of benzene rings is 1. The molecule has 6 rings (SSSR count). The average Bonchev–Trinajstić information content (AvgIpc) is 3.45. The number of hydrogen-bond donors (Lipinski definition) is 0. The molecule has 11 nitrogen and oxygen atoms in total. The van der Waals surface area contributed by atoms with E-state index in [2.05, 4.69) is 33.5 Å². The fraction of sp³-hybridized carbons (Fsp3) is 0.345. The molecule has 206 valence electrons. The van der Waals surface area contributed by atoms with Gasteiger partial charge in [-0.05, 0) is 65.4 Å². The first-order valence-corrected chi connectivity index (χ1v) is 13.5. The number of hydrogen-bond acceptors (Lipinski definition) is 9. The fourth-order valence-electron chi connectivity index (χ4n) is 4.96. The first kappa shape index (κ1) is 25.6. The zero-order chi connectivity index (χ0) is 27.3. The van der Waals surface area contributed by atoms with Gasteiger partial charge in [0.15, 0.2) is 17.7 Å². The highest BCUT2D eigenvalue weighted by Gasteiger charge is 2.27. The summed E-state index contributed by atoms with van der Waals surface area (Å²) in [5.74, 6) is 2.12. The monoisotopic (exact) mass is 542 g/mol. The summed E-state index contributed by atoms with van der Waals surface area (Å²) in [6.07, 6.45) is 14.4. The predicted octanol–water partition coefficient (Wildman–Crippen LogP) is 4.22. The van der Waals surface area contributed by atoms with Gasteiger partial charge >= 0.3 is 5.69 Å². The molecular weight excluding hydrogens is 512 g/mol. The summed E-state index contributed by atoms with van der Waals surface area (Å²) in [4.78, 5) is 17.3. The van der Waals surface area contributed by atoms with Crippen LogP contribution in [0.25, 0.3) is 11.3 Å². The number of nitrogens with zero attached hydrogens (tertiary/aromatic N) is 6. The van der Waals surface area contributed by atoms with Crippen molar-refractivity contribution in [2.75, 3.05) is 0 Å². The third kappa shape index (κ3) is 5.40. The summed E-state index contributed by atoms with van der Waals surface area (Å²) in [6, 6.07) is 7.69. The van der Waals surface area contributed by atoms with Crippen molar-refractivity contribution in [3.8, 4) is 22.9 Å². The predicted molar refractivity (Wildman–Crippen MR) is 145 cm³/mol. The lowest BCUT2D eigenvalue weighted by Crippen LogP contribution is -2.31. The average molecular weight is 543 g/mol. The lowest BCUT2D eigenvalue weighted by molar-refractivity contribution is 0.154. The van der Waals surface area contributed by atoms with E-state index < -0.39 is 6.10 Å². The van der Waals surface area contributed by atoms with Crippen LogP contribution in [0.4, 0.5) is 0 Å². The molecule has 2 aromatic heterocycles. The number of rotatable bonds is 10. The van der Waals surface area contributed by atoms with Crippen LogP contribution in [0.15, 0.2) is 77.4 Å². The molecule has 0 amide bonds. The number of ether oxygens (including phenoxy) is 4. The molecule has 0 saturated heterocycles. The van der Waals surface area contributed by atoms with E-state index in [1.54, 1.807) is 9.25 Å². The van der Waals surface area contributed by atoms with E-state index >= 15 is 0 Å². The smallest absolute Gasteiger partial charge is 0.351 e. The van der Waals surface area contributed by atoms with Crippen LogP contribution < -0.4 is 15.2 Å². The van der Waals surface area contributed by atoms with Crippen molar-refractivity contribution in [3.05, 3.63) is 94.5 Å². The summed E-state index contributed by atoms with van der Waals surface area (Å²) < 4.78 is 26.8. The minimum absolute atomic E-state index is 0.225. The molecule has 40 heavy (non-hydrogen) atoms. The Balaban J connectivity index is 1.24. The largest absolute Gasteiger partial charge is 0.486 e. The van der Waals surface area contributed by atoms with Gasteiger partial charge in [0, 0.05) is 24.7 Å². The SMILES string of the molecule is CCCCn1nnnc1COc1ccc2c(c1)CCn1c-2cc(OC(C2=CC=CCC2)C2=COC=CO2)nc1=O.